The molecule has 0 spiro atoms. The first-order chi connectivity index (χ1) is 18.3. The second kappa shape index (κ2) is 12.9. The van der Waals surface area contributed by atoms with Crippen molar-refractivity contribution in [1.82, 2.24) is 10.2 Å². The van der Waals surface area contributed by atoms with Gasteiger partial charge in [0.2, 0.25) is 0 Å². The van der Waals surface area contributed by atoms with Crippen LogP contribution in [0.25, 0.3) is 0 Å². The van der Waals surface area contributed by atoms with E-state index in [0.717, 1.165) is 84.2 Å². The number of hydrogen-bond donors (Lipinski definition) is 3. The summed E-state index contributed by atoms with van der Waals surface area (Å²) < 4.78 is 12.6. The number of ether oxygens (including phenoxy) is 2. The summed E-state index contributed by atoms with van der Waals surface area (Å²) >= 11 is 6.39. The molecule has 7 heteroatoms. The molecule has 3 aliphatic heterocycles. The van der Waals surface area contributed by atoms with Gasteiger partial charge in [-0.3, -0.25) is 0 Å². The van der Waals surface area contributed by atoms with Crippen molar-refractivity contribution in [3.05, 3.63) is 0 Å². The molecule has 0 bridgehead atoms. The zero-order valence-corrected chi connectivity index (χ0v) is 24.8. The Labute approximate surface area is 236 Å². The highest BCUT2D eigenvalue weighted by molar-refractivity contribution is 6.20. The first-order valence-corrected chi connectivity index (χ1v) is 16.4. The summed E-state index contributed by atoms with van der Waals surface area (Å²) in [5.74, 6) is 2.31. The highest BCUT2D eigenvalue weighted by Gasteiger charge is 2.52. The average Bonchev–Trinajstić information content (AvgIpc) is 3.06. The van der Waals surface area contributed by atoms with Gasteiger partial charge in [0.1, 0.15) is 0 Å². The van der Waals surface area contributed by atoms with E-state index >= 15 is 0 Å². The van der Waals surface area contributed by atoms with Crippen LogP contribution < -0.4 is 5.32 Å². The van der Waals surface area contributed by atoms with Crippen LogP contribution in [0.1, 0.15) is 90.9 Å². The monoisotopic (exact) mass is 554 g/mol. The number of likely N-dealkylation sites (tertiary alicyclic amines) is 1. The van der Waals surface area contributed by atoms with E-state index in [9.17, 15) is 10.2 Å². The smallest absolute Gasteiger partial charge is 0.0750 e. The number of aliphatic hydroxyl groups excluding tert-OH is 1. The third kappa shape index (κ3) is 6.42. The lowest BCUT2D eigenvalue weighted by molar-refractivity contribution is -0.161. The number of alkyl halides is 1. The molecule has 5 fully saturated rings. The molecule has 0 aromatic rings. The van der Waals surface area contributed by atoms with Crippen LogP contribution >= 0.6 is 11.6 Å². The SMILES string of the molecule is CC1(C)CN(CCCC2C3CCCNC3COC3CC[C@H](OCCO)CC32)CCC1(O)[C@H]1CC[C@@H](Cl)CC1. The Hall–Kier alpha value is 0.0500. The molecule has 38 heavy (non-hydrogen) atoms. The van der Waals surface area contributed by atoms with Gasteiger partial charge in [-0.15, -0.1) is 11.6 Å². The van der Waals surface area contributed by atoms with Crippen LogP contribution in [0.4, 0.5) is 0 Å². The van der Waals surface area contributed by atoms with E-state index in [4.69, 9.17) is 21.1 Å². The van der Waals surface area contributed by atoms with Crippen LogP contribution in [-0.2, 0) is 9.47 Å². The standard InChI is InChI=1S/C31H55ClN2O4/c1-30(2)21-34(16-13-31(30,36)22-7-9-23(32)10-8-22)15-4-6-25-26-5-3-14-33-28(26)20-38-29-12-11-24(19-27(25)29)37-18-17-35/h22-29,33,35-36H,3-21H2,1-2H3/t22-,23+,24-,25?,26?,27?,28?,29?,31?/m0/s1. The van der Waals surface area contributed by atoms with Crippen LogP contribution in [0.5, 0.6) is 0 Å². The van der Waals surface area contributed by atoms with Crippen LogP contribution in [0.2, 0.25) is 0 Å². The maximum absolute atomic E-state index is 11.9. The van der Waals surface area contributed by atoms with Crippen molar-refractivity contribution in [1.29, 1.82) is 0 Å². The third-order valence-corrected chi connectivity index (χ3v) is 11.8. The Morgan fingerprint density at radius 2 is 1.89 bits per heavy atom. The van der Waals surface area contributed by atoms with Crippen LogP contribution in [-0.4, -0.2) is 90.3 Å². The van der Waals surface area contributed by atoms with Crippen LogP contribution in [0.15, 0.2) is 0 Å². The number of rotatable bonds is 8. The van der Waals surface area contributed by atoms with Crippen molar-refractivity contribution in [2.75, 3.05) is 46.0 Å². The number of nitrogens with zero attached hydrogens (tertiary/aromatic N) is 1. The molecule has 220 valence electrons. The normalized spacial score (nSPS) is 44.1. The van der Waals surface area contributed by atoms with Crippen molar-refractivity contribution >= 4 is 11.6 Å². The van der Waals surface area contributed by atoms with Crippen molar-refractivity contribution in [2.45, 2.75) is 120 Å². The van der Waals surface area contributed by atoms with Crippen LogP contribution in [0.3, 0.4) is 0 Å². The minimum Gasteiger partial charge on any atom is -0.394 e. The molecular formula is C31H55ClN2O4. The number of fused-ring (bicyclic) bond motifs is 2. The Bertz CT molecular complexity index is 747. The minimum atomic E-state index is -0.570. The lowest BCUT2D eigenvalue weighted by Crippen LogP contribution is -2.61. The van der Waals surface area contributed by atoms with E-state index in [2.05, 4.69) is 24.1 Å². The van der Waals surface area contributed by atoms with E-state index < -0.39 is 5.60 Å². The van der Waals surface area contributed by atoms with E-state index in [1.165, 1.54) is 25.7 Å². The molecule has 6 nitrogen and oxygen atoms in total. The Morgan fingerprint density at radius 1 is 1.08 bits per heavy atom. The molecule has 2 aliphatic carbocycles. The lowest BCUT2D eigenvalue weighted by atomic mass is 9.60. The second-order valence-corrected chi connectivity index (χ2v) is 14.6. The van der Waals surface area contributed by atoms with Gasteiger partial charge >= 0.3 is 0 Å². The maximum Gasteiger partial charge on any atom is 0.0750 e. The van der Waals surface area contributed by atoms with Gasteiger partial charge in [0.15, 0.2) is 0 Å². The second-order valence-electron chi connectivity index (χ2n) is 14.0. The molecule has 3 heterocycles. The fraction of sp³-hybridized carbons (Fsp3) is 1.00. The molecule has 6 unspecified atom stereocenters. The van der Waals surface area contributed by atoms with E-state index in [1.54, 1.807) is 0 Å². The Kier molecular flexibility index (Phi) is 10.0. The molecular weight excluding hydrogens is 500 g/mol. The third-order valence-electron chi connectivity index (χ3n) is 11.4. The summed E-state index contributed by atoms with van der Waals surface area (Å²) in [4.78, 5) is 2.64. The van der Waals surface area contributed by atoms with Crippen LogP contribution in [0, 0.1) is 29.1 Å². The molecule has 0 amide bonds. The molecule has 0 aromatic heterocycles. The lowest BCUT2D eigenvalue weighted by Gasteiger charge is -2.55. The highest BCUT2D eigenvalue weighted by Crippen LogP contribution is 2.49. The van der Waals surface area contributed by atoms with Crippen molar-refractivity contribution in [2.24, 2.45) is 29.1 Å². The zero-order valence-electron chi connectivity index (χ0n) is 24.1. The highest BCUT2D eigenvalue weighted by atomic mass is 35.5. The number of aliphatic hydroxyl groups is 2. The molecule has 5 aliphatic rings. The topological polar surface area (TPSA) is 74.2 Å². The van der Waals surface area contributed by atoms with Gasteiger partial charge in [-0.2, -0.15) is 0 Å². The van der Waals surface area contributed by atoms with Gasteiger partial charge in [0.05, 0.1) is 37.6 Å². The van der Waals surface area contributed by atoms with Crippen molar-refractivity contribution < 1.29 is 19.7 Å². The minimum absolute atomic E-state index is 0.102. The first kappa shape index (κ1) is 29.5. The summed E-state index contributed by atoms with van der Waals surface area (Å²) in [7, 11) is 0. The van der Waals surface area contributed by atoms with Gasteiger partial charge < -0.3 is 29.9 Å². The number of hydrogen-bond acceptors (Lipinski definition) is 6. The van der Waals surface area contributed by atoms with E-state index in [0.29, 0.717) is 47.8 Å². The van der Waals surface area contributed by atoms with Gasteiger partial charge in [-0.25, -0.2) is 0 Å². The number of nitrogens with one attached hydrogen (secondary N) is 1. The fourth-order valence-corrected chi connectivity index (χ4v) is 9.53. The predicted molar refractivity (Wildman–Crippen MR) is 153 cm³/mol. The van der Waals surface area contributed by atoms with Gasteiger partial charge in [0.25, 0.3) is 0 Å². The number of piperidine rings is 2. The average molecular weight is 555 g/mol. The summed E-state index contributed by atoms with van der Waals surface area (Å²) in [6, 6.07) is 0.489. The molecule has 2 saturated carbocycles. The molecule has 5 rings (SSSR count). The summed E-state index contributed by atoms with van der Waals surface area (Å²) in [5, 5.41) is 25.3. The van der Waals surface area contributed by atoms with E-state index in [1.807, 2.05) is 0 Å². The van der Waals surface area contributed by atoms with Gasteiger partial charge in [0, 0.05) is 29.9 Å². The summed E-state index contributed by atoms with van der Waals surface area (Å²) in [6.07, 6.45) is 14.0. The quantitative estimate of drug-likeness (QED) is 0.381. The predicted octanol–water partition coefficient (Wildman–Crippen LogP) is 4.59. The Balaban J connectivity index is 1.20. The Morgan fingerprint density at radius 3 is 2.66 bits per heavy atom. The van der Waals surface area contributed by atoms with Crippen molar-refractivity contribution in [3.63, 3.8) is 0 Å². The van der Waals surface area contributed by atoms with E-state index in [-0.39, 0.29) is 18.1 Å². The summed E-state index contributed by atoms with van der Waals surface area (Å²) in [5.41, 5.74) is -0.672. The molecule has 0 aromatic carbocycles. The molecule has 7 atom stereocenters. The molecule has 3 saturated heterocycles. The van der Waals surface area contributed by atoms with Gasteiger partial charge in [-0.1, -0.05) is 13.8 Å². The zero-order chi connectivity index (χ0) is 26.8. The maximum atomic E-state index is 11.9. The fourth-order valence-electron chi connectivity index (χ4n) is 9.28. The first-order valence-electron chi connectivity index (χ1n) is 16.0. The molecule has 3 N–H and O–H groups in total. The largest absolute Gasteiger partial charge is 0.394 e. The summed E-state index contributed by atoms with van der Waals surface area (Å²) in [6.45, 7) is 10.2. The van der Waals surface area contributed by atoms with Gasteiger partial charge in [-0.05, 0) is 114 Å². The molecule has 0 radical (unpaired) electrons. The van der Waals surface area contributed by atoms with Crippen molar-refractivity contribution in [3.8, 4) is 0 Å². The number of halogens is 1.